The van der Waals surface area contributed by atoms with Crippen LogP contribution in [0.1, 0.15) is 39.0 Å². The van der Waals surface area contributed by atoms with Crippen molar-refractivity contribution < 1.29 is 9.90 Å². The van der Waals surface area contributed by atoms with E-state index in [0.717, 1.165) is 19.4 Å². The summed E-state index contributed by atoms with van der Waals surface area (Å²) in [5.41, 5.74) is 0. The first-order chi connectivity index (χ1) is 6.24. The lowest BCUT2D eigenvalue weighted by Gasteiger charge is -2.29. The number of nitrogens with one attached hydrogen (secondary N) is 1. The zero-order valence-corrected chi connectivity index (χ0v) is 8.25. The summed E-state index contributed by atoms with van der Waals surface area (Å²) >= 11 is 0. The maximum absolute atomic E-state index is 10.6. The molecule has 3 nitrogen and oxygen atoms in total. The number of aliphatic carboxylic acids is 1. The SMILES string of the molecule is CC[C@@H](CC(=O)O)[C@H]1CCCCN1. The van der Waals surface area contributed by atoms with Gasteiger partial charge in [-0.1, -0.05) is 19.8 Å². The fourth-order valence-corrected chi connectivity index (χ4v) is 2.08. The highest BCUT2D eigenvalue weighted by Gasteiger charge is 2.23. The van der Waals surface area contributed by atoms with Gasteiger partial charge in [-0.2, -0.15) is 0 Å². The van der Waals surface area contributed by atoms with Gasteiger partial charge in [0.1, 0.15) is 0 Å². The van der Waals surface area contributed by atoms with E-state index in [9.17, 15) is 4.79 Å². The van der Waals surface area contributed by atoms with E-state index in [1.165, 1.54) is 12.8 Å². The average Bonchev–Trinajstić information content (AvgIpc) is 2.15. The van der Waals surface area contributed by atoms with E-state index in [-0.39, 0.29) is 0 Å². The first-order valence-corrected chi connectivity index (χ1v) is 5.19. The third kappa shape index (κ3) is 3.35. The lowest BCUT2D eigenvalue weighted by Crippen LogP contribution is -2.40. The van der Waals surface area contributed by atoms with Gasteiger partial charge in [0.25, 0.3) is 0 Å². The number of hydrogen-bond donors (Lipinski definition) is 2. The number of piperidine rings is 1. The van der Waals surface area contributed by atoms with Crippen LogP contribution in [0.25, 0.3) is 0 Å². The van der Waals surface area contributed by atoms with Crippen LogP contribution in [0, 0.1) is 5.92 Å². The highest BCUT2D eigenvalue weighted by molar-refractivity contribution is 5.67. The number of carboxylic acid groups (broad SMARTS) is 1. The van der Waals surface area contributed by atoms with Crippen molar-refractivity contribution in [2.45, 2.75) is 45.1 Å². The first kappa shape index (κ1) is 10.5. The Hall–Kier alpha value is -0.570. The molecule has 1 aliphatic rings. The topological polar surface area (TPSA) is 49.3 Å². The molecule has 1 rings (SSSR count). The second-order valence-electron chi connectivity index (χ2n) is 3.82. The fourth-order valence-electron chi connectivity index (χ4n) is 2.08. The molecule has 0 amide bonds. The molecule has 0 unspecified atom stereocenters. The molecule has 0 aliphatic carbocycles. The van der Waals surface area contributed by atoms with Crippen LogP contribution < -0.4 is 5.32 Å². The second-order valence-corrected chi connectivity index (χ2v) is 3.82. The molecule has 0 saturated carbocycles. The molecule has 0 spiro atoms. The number of hydrogen-bond acceptors (Lipinski definition) is 2. The maximum atomic E-state index is 10.6. The molecule has 1 heterocycles. The normalized spacial score (nSPS) is 25.5. The Labute approximate surface area is 79.5 Å². The molecule has 0 aromatic rings. The highest BCUT2D eigenvalue weighted by atomic mass is 16.4. The molecule has 0 radical (unpaired) electrons. The van der Waals surface area contributed by atoms with E-state index < -0.39 is 5.97 Å². The van der Waals surface area contributed by atoms with Gasteiger partial charge in [0.05, 0.1) is 0 Å². The van der Waals surface area contributed by atoms with Crippen molar-refractivity contribution in [1.29, 1.82) is 0 Å². The Morgan fingerprint density at radius 3 is 2.85 bits per heavy atom. The van der Waals surface area contributed by atoms with Crippen molar-refractivity contribution in [3.63, 3.8) is 0 Å². The number of carbonyl (C=O) groups is 1. The summed E-state index contributed by atoms with van der Waals surface area (Å²) in [7, 11) is 0. The largest absolute Gasteiger partial charge is 0.481 e. The van der Waals surface area contributed by atoms with E-state index in [2.05, 4.69) is 12.2 Å². The molecule has 1 aliphatic heterocycles. The van der Waals surface area contributed by atoms with Gasteiger partial charge in [0.15, 0.2) is 0 Å². The van der Waals surface area contributed by atoms with Crippen LogP contribution in [-0.2, 0) is 4.79 Å². The van der Waals surface area contributed by atoms with Crippen molar-refractivity contribution in [3.05, 3.63) is 0 Å². The highest BCUT2D eigenvalue weighted by Crippen LogP contribution is 2.20. The summed E-state index contributed by atoms with van der Waals surface area (Å²) in [6, 6.07) is 0.440. The minimum absolute atomic E-state index is 0.314. The molecule has 0 bridgehead atoms. The Kier molecular flexibility index (Phi) is 4.22. The first-order valence-electron chi connectivity index (χ1n) is 5.19. The monoisotopic (exact) mass is 185 g/mol. The minimum atomic E-state index is -0.667. The Morgan fingerprint density at radius 1 is 1.62 bits per heavy atom. The van der Waals surface area contributed by atoms with Gasteiger partial charge < -0.3 is 10.4 Å². The Morgan fingerprint density at radius 2 is 2.38 bits per heavy atom. The van der Waals surface area contributed by atoms with Gasteiger partial charge in [-0.15, -0.1) is 0 Å². The van der Waals surface area contributed by atoms with Crippen LogP contribution in [0.15, 0.2) is 0 Å². The van der Waals surface area contributed by atoms with Gasteiger partial charge >= 0.3 is 5.97 Å². The molecule has 76 valence electrons. The van der Waals surface area contributed by atoms with Crippen molar-refractivity contribution >= 4 is 5.97 Å². The van der Waals surface area contributed by atoms with E-state index in [4.69, 9.17) is 5.11 Å². The van der Waals surface area contributed by atoms with E-state index in [0.29, 0.717) is 18.4 Å². The number of rotatable bonds is 4. The van der Waals surface area contributed by atoms with Crippen LogP contribution in [0.3, 0.4) is 0 Å². The summed E-state index contributed by atoms with van der Waals surface area (Å²) in [5.74, 6) is -0.350. The molecule has 1 fully saturated rings. The van der Waals surface area contributed by atoms with Gasteiger partial charge in [-0.25, -0.2) is 0 Å². The standard InChI is InChI=1S/C10H19NO2/c1-2-8(7-10(12)13)9-5-3-4-6-11-9/h8-9,11H,2-7H2,1H3,(H,12,13)/t8-,9+/m0/s1. The van der Waals surface area contributed by atoms with Crippen LogP contribution in [0.4, 0.5) is 0 Å². The summed E-state index contributed by atoms with van der Waals surface area (Å²) in [6.45, 7) is 3.13. The molecular weight excluding hydrogens is 166 g/mol. The van der Waals surface area contributed by atoms with Crippen LogP contribution in [-0.4, -0.2) is 23.7 Å². The van der Waals surface area contributed by atoms with Crippen molar-refractivity contribution in [3.8, 4) is 0 Å². The molecule has 3 heteroatoms. The van der Waals surface area contributed by atoms with Crippen LogP contribution in [0.5, 0.6) is 0 Å². The smallest absolute Gasteiger partial charge is 0.303 e. The van der Waals surface area contributed by atoms with Crippen LogP contribution >= 0.6 is 0 Å². The van der Waals surface area contributed by atoms with Crippen LogP contribution in [0.2, 0.25) is 0 Å². The Bertz CT molecular complexity index is 164. The summed E-state index contributed by atoms with van der Waals surface area (Å²) in [5, 5.41) is 12.1. The fraction of sp³-hybridized carbons (Fsp3) is 0.900. The lowest BCUT2D eigenvalue weighted by atomic mass is 9.88. The van der Waals surface area contributed by atoms with E-state index in [1.807, 2.05) is 0 Å². The van der Waals surface area contributed by atoms with Gasteiger partial charge in [-0.05, 0) is 25.3 Å². The molecule has 13 heavy (non-hydrogen) atoms. The van der Waals surface area contributed by atoms with Crippen molar-refractivity contribution in [1.82, 2.24) is 5.32 Å². The quantitative estimate of drug-likeness (QED) is 0.700. The minimum Gasteiger partial charge on any atom is -0.481 e. The van der Waals surface area contributed by atoms with E-state index in [1.54, 1.807) is 0 Å². The molecule has 0 aromatic heterocycles. The van der Waals surface area contributed by atoms with Crippen molar-refractivity contribution in [2.24, 2.45) is 5.92 Å². The van der Waals surface area contributed by atoms with Gasteiger partial charge in [0.2, 0.25) is 0 Å². The maximum Gasteiger partial charge on any atom is 0.303 e. The third-order valence-electron chi connectivity index (χ3n) is 2.88. The van der Waals surface area contributed by atoms with E-state index >= 15 is 0 Å². The predicted octanol–water partition coefficient (Wildman–Crippen LogP) is 1.63. The van der Waals surface area contributed by atoms with Crippen molar-refractivity contribution in [2.75, 3.05) is 6.54 Å². The zero-order chi connectivity index (χ0) is 9.68. The van der Waals surface area contributed by atoms with Gasteiger partial charge in [-0.3, -0.25) is 4.79 Å². The third-order valence-corrected chi connectivity index (χ3v) is 2.88. The Balaban J connectivity index is 2.39. The summed E-state index contributed by atoms with van der Waals surface area (Å²) in [4.78, 5) is 10.6. The zero-order valence-electron chi connectivity index (χ0n) is 8.25. The summed E-state index contributed by atoms with van der Waals surface area (Å²) < 4.78 is 0. The number of carboxylic acids is 1. The predicted molar refractivity (Wildman–Crippen MR) is 51.7 cm³/mol. The van der Waals surface area contributed by atoms with Gasteiger partial charge in [0, 0.05) is 12.5 Å². The molecule has 2 atom stereocenters. The molecule has 0 aromatic carbocycles. The average molecular weight is 185 g/mol. The lowest BCUT2D eigenvalue weighted by molar-refractivity contribution is -0.138. The molecular formula is C10H19NO2. The molecule has 1 saturated heterocycles. The second kappa shape index (κ2) is 5.22. The molecule has 2 N–H and O–H groups in total. The summed E-state index contributed by atoms with van der Waals surface area (Å²) in [6.07, 6.45) is 4.90.